The van der Waals surface area contributed by atoms with Gasteiger partial charge in [0.15, 0.2) is 0 Å². The third kappa shape index (κ3) is 5.98. The molecule has 2 amide bonds. The lowest BCUT2D eigenvalue weighted by Gasteiger charge is -2.00. The van der Waals surface area contributed by atoms with E-state index in [9.17, 15) is 9.59 Å². The summed E-state index contributed by atoms with van der Waals surface area (Å²) in [5.41, 5.74) is 8.43. The Bertz CT molecular complexity index is 724. The van der Waals surface area contributed by atoms with Crippen LogP contribution in [0.4, 0.5) is 0 Å². The average molecular weight is 350 g/mol. The van der Waals surface area contributed by atoms with E-state index in [4.69, 9.17) is 0 Å². The summed E-state index contributed by atoms with van der Waals surface area (Å²) in [7, 11) is 0. The van der Waals surface area contributed by atoms with E-state index in [0.717, 1.165) is 24.0 Å². The highest BCUT2D eigenvalue weighted by Crippen LogP contribution is 2.03. The van der Waals surface area contributed by atoms with Crippen LogP contribution in [0.25, 0.3) is 0 Å². The van der Waals surface area contributed by atoms with Crippen molar-refractivity contribution in [1.82, 2.24) is 10.9 Å². The topological polar surface area (TPSA) is 82.9 Å². The summed E-state index contributed by atoms with van der Waals surface area (Å²) in [5.74, 6) is -1.77. The lowest BCUT2D eigenvalue weighted by molar-refractivity contribution is -0.139. The Kier molecular flexibility index (Phi) is 7.24. The largest absolute Gasteiger partial charge is 0.331 e. The SMILES string of the molecule is CCc1ccc(C=NNC(=O)C(=O)NN=Cc2ccc(CC)cc2)cc1. The predicted octanol–water partition coefficient (Wildman–Crippen LogP) is 2.41. The lowest BCUT2D eigenvalue weighted by Crippen LogP contribution is -2.35. The van der Waals surface area contributed by atoms with Crippen molar-refractivity contribution >= 4 is 24.2 Å². The summed E-state index contributed by atoms with van der Waals surface area (Å²) in [6.07, 6.45) is 4.86. The summed E-state index contributed by atoms with van der Waals surface area (Å²) in [6, 6.07) is 15.5. The van der Waals surface area contributed by atoms with Gasteiger partial charge in [0.25, 0.3) is 0 Å². The number of aryl methyl sites for hydroxylation is 2. The molecule has 0 unspecified atom stereocenters. The molecular formula is C20H22N4O2. The van der Waals surface area contributed by atoms with Gasteiger partial charge in [0.1, 0.15) is 0 Å². The maximum absolute atomic E-state index is 11.6. The number of rotatable bonds is 6. The number of amides is 2. The van der Waals surface area contributed by atoms with Crippen molar-refractivity contribution in [3.8, 4) is 0 Å². The van der Waals surface area contributed by atoms with E-state index in [0.29, 0.717) is 0 Å². The first-order chi connectivity index (χ1) is 12.6. The fourth-order valence-electron chi connectivity index (χ4n) is 2.11. The Morgan fingerprint density at radius 2 is 1.08 bits per heavy atom. The van der Waals surface area contributed by atoms with E-state index in [-0.39, 0.29) is 0 Å². The Morgan fingerprint density at radius 3 is 1.38 bits per heavy atom. The number of hydrogen-bond acceptors (Lipinski definition) is 4. The zero-order valence-electron chi connectivity index (χ0n) is 14.9. The molecule has 0 bridgehead atoms. The van der Waals surface area contributed by atoms with Gasteiger partial charge in [-0.1, -0.05) is 62.4 Å². The fourth-order valence-corrected chi connectivity index (χ4v) is 2.11. The molecule has 0 fully saturated rings. The van der Waals surface area contributed by atoms with Crippen molar-refractivity contribution in [3.05, 3.63) is 70.8 Å². The molecule has 2 aromatic rings. The molecule has 0 saturated heterocycles. The van der Waals surface area contributed by atoms with Crippen molar-refractivity contribution in [2.45, 2.75) is 26.7 Å². The highest BCUT2D eigenvalue weighted by Gasteiger charge is 2.10. The summed E-state index contributed by atoms with van der Waals surface area (Å²) < 4.78 is 0. The smallest absolute Gasteiger partial charge is 0.262 e. The molecule has 0 saturated carbocycles. The molecule has 0 heterocycles. The zero-order chi connectivity index (χ0) is 18.8. The molecule has 0 aliphatic heterocycles. The number of hydrogen-bond donors (Lipinski definition) is 2. The van der Waals surface area contributed by atoms with Crippen LogP contribution in [0.5, 0.6) is 0 Å². The molecule has 26 heavy (non-hydrogen) atoms. The summed E-state index contributed by atoms with van der Waals surface area (Å²) in [6.45, 7) is 4.15. The second-order valence-corrected chi connectivity index (χ2v) is 5.59. The minimum absolute atomic E-state index is 0.830. The summed E-state index contributed by atoms with van der Waals surface area (Å²) in [5, 5.41) is 7.53. The first-order valence-corrected chi connectivity index (χ1v) is 8.46. The average Bonchev–Trinajstić information content (AvgIpc) is 2.68. The molecule has 0 aliphatic carbocycles. The first-order valence-electron chi connectivity index (χ1n) is 8.46. The quantitative estimate of drug-likeness (QED) is 0.476. The van der Waals surface area contributed by atoms with Gasteiger partial charge >= 0.3 is 11.8 Å². The van der Waals surface area contributed by atoms with Crippen LogP contribution in [-0.2, 0) is 22.4 Å². The Morgan fingerprint density at radius 1 is 0.731 bits per heavy atom. The third-order valence-electron chi connectivity index (χ3n) is 3.74. The molecule has 2 aromatic carbocycles. The van der Waals surface area contributed by atoms with Gasteiger partial charge in [0, 0.05) is 0 Å². The van der Waals surface area contributed by atoms with Crippen LogP contribution >= 0.6 is 0 Å². The molecular weight excluding hydrogens is 328 g/mol. The van der Waals surface area contributed by atoms with E-state index < -0.39 is 11.8 Å². The van der Waals surface area contributed by atoms with E-state index in [1.165, 1.54) is 23.6 Å². The fraction of sp³-hybridized carbons (Fsp3) is 0.200. The predicted molar refractivity (Wildman–Crippen MR) is 103 cm³/mol. The minimum atomic E-state index is -0.884. The van der Waals surface area contributed by atoms with Crippen molar-refractivity contribution in [3.63, 3.8) is 0 Å². The number of carbonyl (C=O) groups excluding carboxylic acids is 2. The van der Waals surface area contributed by atoms with Crippen molar-refractivity contribution < 1.29 is 9.59 Å². The third-order valence-corrected chi connectivity index (χ3v) is 3.74. The molecule has 2 N–H and O–H groups in total. The first kappa shape index (κ1) is 19.1. The second-order valence-electron chi connectivity index (χ2n) is 5.59. The summed E-state index contributed by atoms with van der Waals surface area (Å²) in [4.78, 5) is 23.3. The van der Waals surface area contributed by atoms with Gasteiger partial charge in [0.05, 0.1) is 12.4 Å². The Labute approximate surface area is 153 Å². The number of carbonyl (C=O) groups is 2. The van der Waals surface area contributed by atoms with Crippen LogP contribution < -0.4 is 10.9 Å². The Hall–Kier alpha value is -3.28. The van der Waals surface area contributed by atoms with E-state index in [1.807, 2.05) is 48.5 Å². The number of nitrogens with zero attached hydrogens (tertiary/aromatic N) is 2. The number of nitrogens with one attached hydrogen (secondary N) is 2. The van der Waals surface area contributed by atoms with Crippen molar-refractivity contribution in [1.29, 1.82) is 0 Å². The van der Waals surface area contributed by atoms with Crippen molar-refractivity contribution in [2.75, 3.05) is 0 Å². The van der Waals surface area contributed by atoms with Gasteiger partial charge in [-0.15, -0.1) is 0 Å². The molecule has 2 rings (SSSR count). The standard InChI is InChI=1S/C20H22N4O2/c1-3-15-5-9-17(10-6-15)13-21-23-19(25)20(26)24-22-14-18-11-7-16(4-2)8-12-18/h5-14H,3-4H2,1-2H3,(H,23,25)(H,24,26). The van der Waals surface area contributed by atoms with Gasteiger partial charge in [-0.05, 0) is 35.1 Å². The molecule has 134 valence electrons. The molecule has 0 spiro atoms. The van der Waals surface area contributed by atoms with Crippen LogP contribution in [0.2, 0.25) is 0 Å². The highest BCUT2D eigenvalue weighted by atomic mass is 16.2. The molecule has 6 heteroatoms. The van der Waals surface area contributed by atoms with E-state index in [1.54, 1.807) is 0 Å². The van der Waals surface area contributed by atoms with Crippen LogP contribution in [0.3, 0.4) is 0 Å². The zero-order valence-corrected chi connectivity index (χ0v) is 14.9. The molecule has 0 atom stereocenters. The van der Waals surface area contributed by atoms with Crippen LogP contribution in [0.15, 0.2) is 58.7 Å². The van der Waals surface area contributed by atoms with Gasteiger partial charge in [-0.3, -0.25) is 9.59 Å². The molecule has 0 aromatic heterocycles. The van der Waals surface area contributed by atoms with E-state index >= 15 is 0 Å². The van der Waals surface area contributed by atoms with E-state index in [2.05, 4.69) is 34.9 Å². The maximum Gasteiger partial charge on any atom is 0.331 e. The maximum atomic E-state index is 11.6. The van der Waals surface area contributed by atoms with Crippen molar-refractivity contribution in [2.24, 2.45) is 10.2 Å². The van der Waals surface area contributed by atoms with Crippen LogP contribution in [0, 0.1) is 0 Å². The van der Waals surface area contributed by atoms with Gasteiger partial charge in [-0.25, -0.2) is 10.9 Å². The molecule has 0 radical (unpaired) electrons. The molecule has 6 nitrogen and oxygen atoms in total. The van der Waals surface area contributed by atoms with Crippen LogP contribution in [-0.4, -0.2) is 24.2 Å². The minimum Gasteiger partial charge on any atom is -0.262 e. The second kappa shape index (κ2) is 9.88. The summed E-state index contributed by atoms with van der Waals surface area (Å²) >= 11 is 0. The Balaban J connectivity index is 1.79. The molecule has 0 aliphatic rings. The monoisotopic (exact) mass is 350 g/mol. The van der Waals surface area contributed by atoms with Gasteiger partial charge in [-0.2, -0.15) is 10.2 Å². The number of hydrazone groups is 2. The highest BCUT2D eigenvalue weighted by molar-refractivity contribution is 6.35. The van der Waals surface area contributed by atoms with Gasteiger partial charge < -0.3 is 0 Å². The number of benzene rings is 2. The van der Waals surface area contributed by atoms with Gasteiger partial charge in [0.2, 0.25) is 0 Å². The lowest BCUT2D eigenvalue weighted by atomic mass is 10.1. The van der Waals surface area contributed by atoms with Crippen LogP contribution in [0.1, 0.15) is 36.1 Å². The normalized spacial score (nSPS) is 11.0.